The lowest BCUT2D eigenvalue weighted by atomic mass is 9.79. The summed E-state index contributed by atoms with van der Waals surface area (Å²) in [6.07, 6.45) is 4.09. The molecule has 96 valence electrons. The third kappa shape index (κ3) is 3.81. The van der Waals surface area contributed by atoms with Gasteiger partial charge >= 0.3 is 0 Å². The van der Waals surface area contributed by atoms with Crippen LogP contribution in [-0.4, -0.2) is 17.6 Å². The first-order valence-electron chi connectivity index (χ1n) is 6.65. The molecule has 0 fully saturated rings. The molecular weight excluding hydrogens is 208 g/mol. The molecule has 2 nitrogen and oxygen atoms in total. The van der Waals surface area contributed by atoms with Crippen molar-refractivity contribution in [3.05, 3.63) is 29.6 Å². The van der Waals surface area contributed by atoms with E-state index in [1.807, 2.05) is 12.3 Å². The van der Waals surface area contributed by atoms with E-state index in [-0.39, 0.29) is 0 Å². The molecule has 1 atom stereocenters. The van der Waals surface area contributed by atoms with Gasteiger partial charge in [-0.3, -0.25) is 4.98 Å². The summed E-state index contributed by atoms with van der Waals surface area (Å²) in [4.78, 5) is 4.51. The lowest BCUT2D eigenvalue weighted by Gasteiger charge is -2.34. The first kappa shape index (κ1) is 14.2. The predicted molar refractivity (Wildman–Crippen MR) is 74.2 cm³/mol. The number of hydrogen-bond donors (Lipinski definition) is 1. The van der Waals surface area contributed by atoms with Gasteiger partial charge in [-0.05, 0) is 36.9 Å². The Balaban J connectivity index is 2.84. The fraction of sp³-hybridized carbons (Fsp3) is 0.667. The normalized spacial score (nSPS) is 13.7. The summed E-state index contributed by atoms with van der Waals surface area (Å²) in [6.45, 7) is 12.3. The van der Waals surface area contributed by atoms with E-state index in [2.05, 4.69) is 51.0 Å². The van der Waals surface area contributed by atoms with E-state index in [9.17, 15) is 0 Å². The van der Waals surface area contributed by atoms with Crippen molar-refractivity contribution in [1.82, 2.24) is 10.3 Å². The number of aromatic nitrogens is 1. The Morgan fingerprint density at radius 1 is 1.35 bits per heavy atom. The van der Waals surface area contributed by atoms with Crippen molar-refractivity contribution in [3.8, 4) is 0 Å². The van der Waals surface area contributed by atoms with Gasteiger partial charge in [-0.1, -0.05) is 33.8 Å². The Morgan fingerprint density at radius 3 is 2.59 bits per heavy atom. The maximum absolute atomic E-state index is 4.51. The summed E-state index contributed by atoms with van der Waals surface area (Å²) < 4.78 is 0. The molecule has 1 unspecified atom stereocenters. The van der Waals surface area contributed by atoms with Crippen LogP contribution in [-0.2, 0) is 6.42 Å². The van der Waals surface area contributed by atoms with Crippen LogP contribution in [0.25, 0.3) is 0 Å². The number of aryl methyl sites for hydroxylation is 1. The van der Waals surface area contributed by atoms with Gasteiger partial charge in [0.2, 0.25) is 0 Å². The largest absolute Gasteiger partial charge is 0.313 e. The molecule has 1 rings (SSSR count). The lowest BCUT2D eigenvalue weighted by molar-refractivity contribution is 0.231. The average Bonchev–Trinajstić information content (AvgIpc) is 2.31. The Labute approximate surface area is 106 Å². The van der Waals surface area contributed by atoms with Gasteiger partial charge in [0.15, 0.2) is 0 Å². The van der Waals surface area contributed by atoms with Crippen molar-refractivity contribution in [2.45, 2.75) is 53.5 Å². The fourth-order valence-corrected chi connectivity index (χ4v) is 2.04. The van der Waals surface area contributed by atoms with Crippen LogP contribution in [0.2, 0.25) is 0 Å². The van der Waals surface area contributed by atoms with Crippen molar-refractivity contribution in [1.29, 1.82) is 0 Å². The summed E-state index contributed by atoms with van der Waals surface area (Å²) >= 11 is 0. The lowest BCUT2D eigenvalue weighted by Crippen LogP contribution is -2.43. The minimum atomic E-state index is 0.306. The molecule has 0 saturated heterocycles. The SMILES string of the molecule is CCNC(Cc1ncccc1C)C(C)(C)CC. The quantitative estimate of drug-likeness (QED) is 0.816. The van der Waals surface area contributed by atoms with Crippen molar-refractivity contribution >= 4 is 0 Å². The Morgan fingerprint density at radius 2 is 2.06 bits per heavy atom. The van der Waals surface area contributed by atoms with Crippen LogP contribution in [0.4, 0.5) is 0 Å². The zero-order valence-corrected chi connectivity index (χ0v) is 11.9. The smallest absolute Gasteiger partial charge is 0.0448 e. The molecule has 1 aromatic heterocycles. The maximum Gasteiger partial charge on any atom is 0.0448 e. The van der Waals surface area contributed by atoms with E-state index in [1.165, 1.54) is 17.7 Å². The molecule has 0 aliphatic heterocycles. The van der Waals surface area contributed by atoms with Crippen LogP contribution in [0, 0.1) is 12.3 Å². The highest BCUT2D eigenvalue weighted by atomic mass is 14.9. The van der Waals surface area contributed by atoms with Gasteiger partial charge in [-0.15, -0.1) is 0 Å². The molecule has 2 heteroatoms. The van der Waals surface area contributed by atoms with Crippen LogP contribution in [0.3, 0.4) is 0 Å². The highest BCUT2D eigenvalue weighted by molar-refractivity contribution is 5.19. The summed E-state index contributed by atoms with van der Waals surface area (Å²) in [5.74, 6) is 0. The van der Waals surface area contributed by atoms with Crippen LogP contribution in [0.5, 0.6) is 0 Å². The van der Waals surface area contributed by atoms with Crippen LogP contribution in [0.1, 0.15) is 45.4 Å². The van der Waals surface area contributed by atoms with Crippen LogP contribution in [0.15, 0.2) is 18.3 Å². The van der Waals surface area contributed by atoms with E-state index in [4.69, 9.17) is 0 Å². The summed E-state index contributed by atoms with van der Waals surface area (Å²) in [7, 11) is 0. The molecular formula is C15H26N2. The minimum Gasteiger partial charge on any atom is -0.313 e. The number of nitrogens with zero attached hydrogens (tertiary/aromatic N) is 1. The second kappa shape index (κ2) is 6.15. The molecule has 1 N–H and O–H groups in total. The van der Waals surface area contributed by atoms with Gasteiger partial charge in [0.05, 0.1) is 0 Å². The topological polar surface area (TPSA) is 24.9 Å². The molecule has 0 aliphatic rings. The highest BCUT2D eigenvalue weighted by Crippen LogP contribution is 2.27. The molecule has 0 aliphatic carbocycles. The predicted octanol–water partition coefficient (Wildman–Crippen LogP) is 3.35. The standard InChI is InChI=1S/C15H26N2/c1-6-15(4,5)14(16-7-2)11-13-12(3)9-8-10-17-13/h8-10,14,16H,6-7,11H2,1-5H3. The second-order valence-electron chi connectivity index (χ2n) is 5.42. The molecule has 0 radical (unpaired) electrons. The van der Waals surface area contributed by atoms with E-state index in [1.54, 1.807) is 0 Å². The van der Waals surface area contributed by atoms with E-state index in [0.29, 0.717) is 11.5 Å². The van der Waals surface area contributed by atoms with Crippen LogP contribution >= 0.6 is 0 Å². The van der Waals surface area contributed by atoms with E-state index in [0.717, 1.165) is 13.0 Å². The Bertz CT molecular complexity index is 345. The van der Waals surface area contributed by atoms with Crippen molar-refractivity contribution in [2.24, 2.45) is 5.41 Å². The first-order valence-corrected chi connectivity index (χ1v) is 6.65. The number of likely N-dealkylation sites (N-methyl/N-ethyl adjacent to an activating group) is 1. The minimum absolute atomic E-state index is 0.306. The molecule has 0 aromatic carbocycles. The third-order valence-corrected chi connectivity index (χ3v) is 3.82. The first-order chi connectivity index (χ1) is 8.01. The Kier molecular flexibility index (Phi) is 5.13. The average molecular weight is 234 g/mol. The molecule has 1 heterocycles. The molecule has 0 spiro atoms. The van der Waals surface area contributed by atoms with Gasteiger partial charge < -0.3 is 5.32 Å². The summed E-state index contributed by atoms with van der Waals surface area (Å²) in [5.41, 5.74) is 2.82. The van der Waals surface area contributed by atoms with Gasteiger partial charge in [0.1, 0.15) is 0 Å². The zero-order chi connectivity index (χ0) is 12.9. The highest BCUT2D eigenvalue weighted by Gasteiger charge is 2.27. The van der Waals surface area contributed by atoms with Gasteiger partial charge in [-0.25, -0.2) is 0 Å². The summed E-state index contributed by atoms with van der Waals surface area (Å²) in [6, 6.07) is 4.64. The maximum atomic E-state index is 4.51. The van der Waals surface area contributed by atoms with E-state index >= 15 is 0 Å². The van der Waals surface area contributed by atoms with Crippen molar-refractivity contribution in [3.63, 3.8) is 0 Å². The van der Waals surface area contributed by atoms with E-state index < -0.39 is 0 Å². The molecule has 0 amide bonds. The molecule has 1 aromatic rings. The van der Waals surface area contributed by atoms with Gasteiger partial charge in [0.25, 0.3) is 0 Å². The third-order valence-electron chi connectivity index (χ3n) is 3.82. The molecule has 17 heavy (non-hydrogen) atoms. The number of hydrogen-bond acceptors (Lipinski definition) is 2. The van der Waals surface area contributed by atoms with Gasteiger partial charge in [0, 0.05) is 24.4 Å². The summed E-state index contributed by atoms with van der Waals surface area (Å²) in [5, 5.41) is 3.61. The Hall–Kier alpha value is -0.890. The van der Waals surface area contributed by atoms with Gasteiger partial charge in [-0.2, -0.15) is 0 Å². The monoisotopic (exact) mass is 234 g/mol. The second-order valence-corrected chi connectivity index (χ2v) is 5.42. The molecule has 0 saturated carbocycles. The zero-order valence-electron chi connectivity index (χ0n) is 11.9. The van der Waals surface area contributed by atoms with Crippen molar-refractivity contribution in [2.75, 3.05) is 6.54 Å². The van der Waals surface area contributed by atoms with Crippen molar-refractivity contribution < 1.29 is 0 Å². The number of nitrogens with one attached hydrogen (secondary N) is 1. The number of pyridine rings is 1. The van der Waals surface area contributed by atoms with Crippen LogP contribution < -0.4 is 5.32 Å². The number of rotatable bonds is 6. The molecule has 0 bridgehead atoms. The fourth-order valence-electron chi connectivity index (χ4n) is 2.04.